The topological polar surface area (TPSA) is 51.8 Å². The molecular formula is C11H8BrClFN3. The summed E-state index contributed by atoms with van der Waals surface area (Å²) < 4.78 is 14.3. The van der Waals surface area contributed by atoms with Crippen molar-refractivity contribution in [1.29, 1.82) is 0 Å². The summed E-state index contributed by atoms with van der Waals surface area (Å²) in [6, 6.07) is 4.82. The summed E-state index contributed by atoms with van der Waals surface area (Å²) in [5.41, 5.74) is 6.07. The van der Waals surface area contributed by atoms with Crippen molar-refractivity contribution in [1.82, 2.24) is 9.97 Å². The Kier molecular flexibility index (Phi) is 3.59. The Morgan fingerprint density at radius 1 is 1.41 bits per heavy atom. The van der Waals surface area contributed by atoms with E-state index < -0.39 is 5.82 Å². The van der Waals surface area contributed by atoms with Gasteiger partial charge in [0.2, 0.25) is 0 Å². The lowest BCUT2D eigenvalue weighted by atomic mass is 10.1. The zero-order chi connectivity index (χ0) is 12.4. The third-order valence-corrected chi connectivity index (χ3v) is 3.10. The highest BCUT2D eigenvalue weighted by atomic mass is 79.9. The van der Waals surface area contributed by atoms with Gasteiger partial charge in [-0.25, -0.2) is 14.4 Å². The van der Waals surface area contributed by atoms with Crippen LogP contribution in [0.1, 0.15) is 11.4 Å². The molecule has 0 aliphatic heterocycles. The van der Waals surface area contributed by atoms with E-state index in [-0.39, 0.29) is 11.4 Å². The van der Waals surface area contributed by atoms with E-state index in [1.54, 1.807) is 18.3 Å². The van der Waals surface area contributed by atoms with E-state index in [9.17, 15) is 4.39 Å². The maximum Gasteiger partial charge on any atom is 0.145 e. The molecule has 3 nitrogen and oxygen atoms in total. The van der Waals surface area contributed by atoms with Crippen molar-refractivity contribution in [2.75, 3.05) is 5.73 Å². The number of halogens is 3. The van der Waals surface area contributed by atoms with E-state index in [4.69, 9.17) is 17.3 Å². The Bertz CT molecular complexity index is 562. The second-order valence-electron chi connectivity index (χ2n) is 3.41. The molecule has 0 saturated heterocycles. The Labute approximate surface area is 111 Å². The number of rotatable bonds is 2. The minimum Gasteiger partial charge on any atom is -0.383 e. The van der Waals surface area contributed by atoms with Crippen LogP contribution in [0.25, 0.3) is 0 Å². The molecule has 6 heteroatoms. The molecule has 0 spiro atoms. The summed E-state index contributed by atoms with van der Waals surface area (Å²) in [6.45, 7) is 0. The van der Waals surface area contributed by atoms with Crippen LogP contribution < -0.4 is 5.73 Å². The smallest absolute Gasteiger partial charge is 0.145 e. The van der Waals surface area contributed by atoms with E-state index in [0.717, 1.165) is 0 Å². The van der Waals surface area contributed by atoms with Gasteiger partial charge in [0.1, 0.15) is 17.5 Å². The summed E-state index contributed by atoms with van der Waals surface area (Å²) in [5.74, 6) is 0.337. The van der Waals surface area contributed by atoms with E-state index in [2.05, 4.69) is 25.9 Å². The van der Waals surface area contributed by atoms with Crippen molar-refractivity contribution in [2.45, 2.75) is 6.42 Å². The minimum absolute atomic E-state index is 0.0904. The molecule has 0 aliphatic carbocycles. The lowest BCUT2D eigenvalue weighted by molar-refractivity contribution is 0.612. The molecule has 0 unspecified atom stereocenters. The van der Waals surface area contributed by atoms with Crippen LogP contribution in [0, 0.1) is 5.82 Å². The van der Waals surface area contributed by atoms with Gasteiger partial charge in [-0.2, -0.15) is 0 Å². The molecule has 0 fully saturated rings. The molecule has 0 amide bonds. The van der Waals surface area contributed by atoms with E-state index >= 15 is 0 Å². The molecule has 0 saturated carbocycles. The molecule has 0 aliphatic rings. The van der Waals surface area contributed by atoms with Gasteiger partial charge in [0.15, 0.2) is 0 Å². The average molecular weight is 317 g/mol. The van der Waals surface area contributed by atoms with Gasteiger partial charge in [-0.05, 0) is 27.6 Å². The van der Waals surface area contributed by atoms with Crippen molar-refractivity contribution < 1.29 is 4.39 Å². The molecule has 17 heavy (non-hydrogen) atoms. The Balaban J connectivity index is 2.31. The Hall–Kier alpha value is -1.20. The number of anilines is 1. The zero-order valence-corrected chi connectivity index (χ0v) is 11.0. The quantitative estimate of drug-likeness (QED) is 0.925. The van der Waals surface area contributed by atoms with Gasteiger partial charge in [-0.3, -0.25) is 0 Å². The molecule has 0 atom stereocenters. The van der Waals surface area contributed by atoms with Crippen LogP contribution in [0.15, 0.2) is 28.9 Å². The standard InChI is InChI=1S/C11H8BrClFN3/c12-7-5-16-9(17-11(7)15)4-6-2-1-3-8(13)10(6)14/h1-3,5H,4H2,(H2,15,16,17). The lowest BCUT2D eigenvalue weighted by Gasteiger charge is -2.04. The summed E-state index contributed by atoms with van der Waals surface area (Å²) in [5, 5.41) is 0.0904. The van der Waals surface area contributed by atoms with Crippen LogP contribution in [0.3, 0.4) is 0 Å². The van der Waals surface area contributed by atoms with Gasteiger partial charge in [-0.15, -0.1) is 0 Å². The number of nitrogens with two attached hydrogens (primary N) is 1. The zero-order valence-electron chi connectivity index (χ0n) is 8.62. The monoisotopic (exact) mass is 315 g/mol. The van der Waals surface area contributed by atoms with Crippen LogP contribution in [-0.4, -0.2) is 9.97 Å². The molecule has 2 rings (SSSR count). The molecule has 2 aromatic rings. The third-order valence-electron chi connectivity index (χ3n) is 2.20. The molecule has 88 valence electrons. The normalized spacial score (nSPS) is 10.5. The van der Waals surface area contributed by atoms with Crippen LogP contribution in [0.4, 0.5) is 10.2 Å². The molecule has 0 radical (unpaired) electrons. The van der Waals surface area contributed by atoms with Gasteiger partial charge < -0.3 is 5.73 Å². The first-order valence-electron chi connectivity index (χ1n) is 4.77. The van der Waals surface area contributed by atoms with Crippen LogP contribution in [-0.2, 0) is 6.42 Å². The van der Waals surface area contributed by atoms with E-state index in [1.807, 2.05) is 0 Å². The number of nitrogen functional groups attached to an aromatic ring is 1. The fourth-order valence-corrected chi connectivity index (χ4v) is 1.74. The highest BCUT2D eigenvalue weighted by Crippen LogP contribution is 2.21. The van der Waals surface area contributed by atoms with Gasteiger partial charge >= 0.3 is 0 Å². The van der Waals surface area contributed by atoms with Crippen LogP contribution in [0.5, 0.6) is 0 Å². The third kappa shape index (κ3) is 2.73. The largest absolute Gasteiger partial charge is 0.383 e. The van der Waals surface area contributed by atoms with Crippen molar-refractivity contribution >= 4 is 33.3 Å². The van der Waals surface area contributed by atoms with E-state index in [1.165, 1.54) is 6.07 Å². The molecule has 1 heterocycles. The predicted molar refractivity (Wildman–Crippen MR) is 68.4 cm³/mol. The van der Waals surface area contributed by atoms with Gasteiger partial charge in [-0.1, -0.05) is 23.7 Å². The molecule has 1 aromatic carbocycles. The SMILES string of the molecule is Nc1nc(Cc2cccc(Cl)c2F)ncc1Br. The van der Waals surface area contributed by atoms with Crippen molar-refractivity contribution in [3.63, 3.8) is 0 Å². The van der Waals surface area contributed by atoms with Crippen molar-refractivity contribution in [3.05, 3.63) is 51.1 Å². The van der Waals surface area contributed by atoms with Crippen LogP contribution >= 0.6 is 27.5 Å². The number of hydrogen-bond acceptors (Lipinski definition) is 3. The fourth-order valence-electron chi connectivity index (χ4n) is 1.36. The maximum atomic E-state index is 13.6. The predicted octanol–water partition coefficient (Wildman–Crippen LogP) is 3.20. The first-order chi connectivity index (χ1) is 8.08. The number of aromatic nitrogens is 2. The highest BCUT2D eigenvalue weighted by molar-refractivity contribution is 9.10. The lowest BCUT2D eigenvalue weighted by Crippen LogP contribution is -2.02. The number of benzene rings is 1. The minimum atomic E-state index is -0.445. The first kappa shape index (κ1) is 12.3. The van der Waals surface area contributed by atoms with Gasteiger partial charge in [0, 0.05) is 12.6 Å². The summed E-state index contributed by atoms with van der Waals surface area (Å²) in [6.07, 6.45) is 1.80. The van der Waals surface area contributed by atoms with Gasteiger partial charge in [0.25, 0.3) is 0 Å². The van der Waals surface area contributed by atoms with E-state index in [0.29, 0.717) is 21.7 Å². The maximum absolute atomic E-state index is 13.6. The van der Waals surface area contributed by atoms with Gasteiger partial charge in [0.05, 0.1) is 9.50 Å². The molecule has 1 aromatic heterocycles. The second kappa shape index (κ2) is 4.98. The Morgan fingerprint density at radius 3 is 2.88 bits per heavy atom. The summed E-state index contributed by atoms with van der Waals surface area (Å²) >= 11 is 8.88. The Morgan fingerprint density at radius 2 is 2.18 bits per heavy atom. The second-order valence-corrected chi connectivity index (χ2v) is 4.67. The fraction of sp³-hybridized carbons (Fsp3) is 0.0909. The van der Waals surface area contributed by atoms with Crippen molar-refractivity contribution in [2.24, 2.45) is 0 Å². The molecule has 0 bridgehead atoms. The van der Waals surface area contributed by atoms with Crippen molar-refractivity contribution in [3.8, 4) is 0 Å². The number of hydrogen-bond donors (Lipinski definition) is 1. The molecular weight excluding hydrogens is 308 g/mol. The number of nitrogens with zero attached hydrogens (tertiary/aromatic N) is 2. The highest BCUT2D eigenvalue weighted by Gasteiger charge is 2.09. The summed E-state index contributed by atoms with van der Waals surface area (Å²) in [7, 11) is 0. The van der Waals surface area contributed by atoms with Crippen LogP contribution in [0.2, 0.25) is 5.02 Å². The summed E-state index contributed by atoms with van der Waals surface area (Å²) in [4.78, 5) is 8.11. The molecule has 2 N–H and O–H groups in total. The first-order valence-corrected chi connectivity index (χ1v) is 5.95. The average Bonchev–Trinajstić information content (AvgIpc) is 2.30.